The van der Waals surface area contributed by atoms with Gasteiger partial charge in [0.15, 0.2) is 5.12 Å². The summed E-state index contributed by atoms with van der Waals surface area (Å²) in [6, 6.07) is 0. The van der Waals surface area contributed by atoms with Crippen molar-refractivity contribution < 1.29 is 14.3 Å². The Morgan fingerprint density at radius 2 is 1.94 bits per heavy atom. The van der Waals surface area contributed by atoms with Crippen molar-refractivity contribution in [2.24, 2.45) is 40.4 Å². The monoisotopic (exact) mass is 460 g/mol. The lowest BCUT2D eigenvalue weighted by Crippen LogP contribution is -2.51. The van der Waals surface area contributed by atoms with Crippen molar-refractivity contribution in [3.8, 4) is 0 Å². The van der Waals surface area contributed by atoms with Crippen molar-refractivity contribution in [2.75, 3.05) is 5.75 Å². The lowest BCUT2D eigenvalue weighted by Gasteiger charge is -2.58. The second kappa shape index (κ2) is 9.47. The van der Waals surface area contributed by atoms with Crippen LogP contribution in [0, 0.1) is 40.4 Å². The summed E-state index contributed by atoms with van der Waals surface area (Å²) in [7, 11) is 0. The van der Waals surface area contributed by atoms with Crippen molar-refractivity contribution in [1.82, 2.24) is 0 Å². The average molecular weight is 461 g/mol. The number of hydrogen-bond donors (Lipinski definition) is 0. The van der Waals surface area contributed by atoms with Gasteiger partial charge in [-0.3, -0.25) is 9.59 Å². The molecule has 0 aromatic carbocycles. The second-order valence-corrected chi connectivity index (χ2v) is 13.1. The van der Waals surface area contributed by atoms with Gasteiger partial charge in [-0.25, -0.2) is 0 Å². The summed E-state index contributed by atoms with van der Waals surface area (Å²) < 4.78 is 5.60. The van der Waals surface area contributed by atoms with E-state index in [1.807, 2.05) is 0 Å². The summed E-state index contributed by atoms with van der Waals surface area (Å²) in [6.45, 7) is 11.2. The highest BCUT2D eigenvalue weighted by Gasteiger charge is 2.59. The van der Waals surface area contributed by atoms with Crippen molar-refractivity contribution >= 4 is 22.8 Å². The standard InChI is InChI=1S/C28H44O3S/c1-6-32-26(30)12-7-18(2)23-10-11-24-22-9-8-20-17-21(31-19(3)29)13-15-27(20,4)25(22)14-16-28(23,24)5/h8,18,21-25H,6-7,9-17H2,1-5H3/t18-,21-,22+,23-,24+,25+,27+,28-/m1/s1. The van der Waals surface area contributed by atoms with Gasteiger partial charge in [0, 0.05) is 19.8 Å². The summed E-state index contributed by atoms with van der Waals surface area (Å²) in [5, 5.41) is 0.380. The Kier molecular flexibility index (Phi) is 7.21. The average Bonchev–Trinajstić information content (AvgIpc) is 3.09. The van der Waals surface area contributed by atoms with Gasteiger partial charge in [0.2, 0.25) is 0 Å². The predicted octanol–water partition coefficient (Wildman–Crippen LogP) is 7.19. The minimum atomic E-state index is -0.137. The summed E-state index contributed by atoms with van der Waals surface area (Å²) >= 11 is 1.49. The van der Waals surface area contributed by atoms with Gasteiger partial charge in [0.1, 0.15) is 6.10 Å². The third kappa shape index (κ3) is 4.34. The maximum absolute atomic E-state index is 12.1. The highest BCUT2D eigenvalue weighted by atomic mass is 32.2. The van der Waals surface area contributed by atoms with Crippen LogP contribution in [0.4, 0.5) is 0 Å². The third-order valence-electron chi connectivity index (χ3n) is 10.3. The molecule has 0 unspecified atom stereocenters. The minimum Gasteiger partial charge on any atom is -0.462 e. The van der Waals surface area contributed by atoms with E-state index in [2.05, 4.69) is 33.8 Å². The van der Waals surface area contributed by atoms with Gasteiger partial charge in [-0.05, 0) is 97.5 Å². The van der Waals surface area contributed by atoms with Crippen molar-refractivity contribution in [3.63, 3.8) is 0 Å². The van der Waals surface area contributed by atoms with E-state index in [9.17, 15) is 9.59 Å². The van der Waals surface area contributed by atoms with Crippen LogP contribution in [0.15, 0.2) is 11.6 Å². The maximum Gasteiger partial charge on any atom is 0.302 e. The normalized spacial score (nSPS) is 41.7. The first kappa shape index (κ1) is 24.4. The lowest BCUT2D eigenvalue weighted by molar-refractivity contribution is -0.148. The molecule has 0 heterocycles. The first-order valence-electron chi connectivity index (χ1n) is 13.2. The molecule has 0 radical (unpaired) electrons. The highest BCUT2D eigenvalue weighted by molar-refractivity contribution is 8.13. The lowest BCUT2D eigenvalue weighted by atomic mass is 9.47. The predicted molar refractivity (Wildman–Crippen MR) is 132 cm³/mol. The molecule has 180 valence electrons. The largest absolute Gasteiger partial charge is 0.462 e. The summed E-state index contributed by atoms with van der Waals surface area (Å²) in [4.78, 5) is 23.6. The van der Waals surface area contributed by atoms with Crippen LogP contribution >= 0.6 is 11.8 Å². The van der Waals surface area contributed by atoms with Crippen LogP contribution in [0.1, 0.15) is 98.8 Å². The van der Waals surface area contributed by atoms with Crippen molar-refractivity contribution in [3.05, 3.63) is 11.6 Å². The van der Waals surface area contributed by atoms with Crippen LogP contribution in [-0.2, 0) is 14.3 Å². The quantitative estimate of drug-likeness (QED) is 0.311. The summed E-state index contributed by atoms with van der Waals surface area (Å²) in [6.07, 6.45) is 14.2. The van der Waals surface area contributed by atoms with Gasteiger partial charge in [-0.1, -0.05) is 51.1 Å². The minimum absolute atomic E-state index is 0.0857. The van der Waals surface area contributed by atoms with Crippen LogP contribution in [0.25, 0.3) is 0 Å². The molecule has 0 aromatic rings. The van der Waals surface area contributed by atoms with Crippen LogP contribution in [-0.4, -0.2) is 22.9 Å². The maximum atomic E-state index is 12.1. The molecule has 3 saturated carbocycles. The van der Waals surface area contributed by atoms with E-state index in [1.54, 1.807) is 5.57 Å². The zero-order valence-electron chi connectivity index (χ0n) is 21.0. The van der Waals surface area contributed by atoms with Crippen LogP contribution in [0.3, 0.4) is 0 Å². The first-order chi connectivity index (χ1) is 15.2. The first-order valence-corrected chi connectivity index (χ1v) is 14.2. The number of allylic oxidation sites excluding steroid dienone is 1. The van der Waals surface area contributed by atoms with E-state index in [1.165, 1.54) is 57.2 Å². The fraction of sp³-hybridized carbons (Fsp3) is 0.857. The Balaban J connectivity index is 1.46. The van der Waals surface area contributed by atoms with Gasteiger partial charge in [-0.15, -0.1) is 0 Å². The van der Waals surface area contributed by atoms with Crippen LogP contribution in [0.2, 0.25) is 0 Å². The van der Waals surface area contributed by atoms with Gasteiger partial charge in [-0.2, -0.15) is 0 Å². The molecule has 3 fully saturated rings. The molecule has 8 atom stereocenters. The van der Waals surface area contributed by atoms with Crippen molar-refractivity contribution in [1.29, 1.82) is 0 Å². The molecule has 4 rings (SSSR count). The molecule has 0 N–H and O–H groups in total. The summed E-state index contributed by atoms with van der Waals surface area (Å²) in [5.74, 6) is 4.60. The fourth-order valence-electron chi connectivity index (χ4n) is 8.72. The molecule has 3 nitrogen and oxygen atoms in total. The molecule has 4 aliphatic carbocycles. The molecular formula is C28H44O3S. The number of ether oxygens (including phenoxy) is 1. The SMILES string of the molecule is CCSC(=O)CC[C@@H](C)[C@H]1CC[C@H]2[C@@H]3CC=C4C[C@H](OC(C)=O)CC[C@]4(C)[C@H]3CC[C@]12C. The van der Waals surface area contributed by atoms with E-state index in [4.69, 9.17) is 4.74 Å². The Labute approximate surface area is 199 Å². The molecule has 0 bridgehead atoms. The molecule has 0 amide bonds. The topological polar surface area (TPSA) is 43.4 Å². The van der Waals surface area contributed by atoms with Crippen molar-refractivity contribution in [2.45, 2.75) is 105 Å². The number of carbonyl (C=O) groups excluding carboxylic acids is 2. The van der Waals surface area contributed by atoms with E-state index in [-0.39, 0.29) is 12.1 Å². The number of carbonyl (C=O) groups is 2. The highest BCUT2D eigenvalue weighted by Crippen LogP contribution is 2.67. The van der Waals surface area contributed by atoms with Crippen LogP contribution < -0.4 is 0 Å². The second-order valence-electron chi connectivity index (χ2n) is 11.8. The molecule has 4 aliphatic rings. The Morgan fingerprint density at radius 1 is 1.16 bits per heavy atom. The molecule has 0 aromatic heterocycles. The van der Waals surface area contributed by atoms with Gasteiger partial charge in [0.05, 0.1) is 0 Å². The van der Waals surface area contributed by atoms with E-state index < -0.39 is 0 Å². The van der Waals surface area contributed by atoms with Gasteiger partial charge >= 0.3 is 5.97 Å². The molecular weight excluding hydrogens is 416 g/mol. The van der Waals surface area contributed by atoms with Gasteiger partial charge in [0.25, 0.3) is 0 Å². The molecule has 0 saturated heterocycles. The molecule has 32 heavy (non-hydrogen) atoms. The Morgan fingerprint density at radius 3 is 2.66 bits per heavy atom. The zero-order valence-corrected chi connectivity index (χ0v) is 21.8. The number of hydrogen-bond acceptors (Lipinski definition) is 4. The Hall–Kier alpha value is -0.770. The number of fused-ring (bicyclic) bond motifs is 5. The molecule has 4 heteroatoms. The smallest absolute Gasteiger partial charge is 0.302 e. The molecule has 0 aliphatic heterocycles. The van der Waals surface area contributed by atoms with E-state index in [0.717, 1.165) is 55.1 Å². The number of esters is 1. The summed E-state index contributed by atoms with van der Waals surface area (Å²) in [5.41, 5.74) is 2.32. The van der Waals surface area contributed by atoms with E-state index >= 15 is 0 Å². The molecule has 0 spiro atoms. The zero-order chi connectivity index (χ0) is 23.1. The number of thioether (sulfide) groups is 1. The number of rotatable bonds is 6. The fourth-order valence-corrected chi connectivity index (χ4v) is 9.30. The van der Waals surface area contributed by atoms with E-state index in [0.29, 0.717) is 21.9 Å². The van der Waals surface area contributed by atoms with Crippen LogP contribution in [0.5, 0.6) is 0 Å². The Bertz CT molecular complexity index is 760. The van der Waals surface area contributed by atoms with Gasteiger partial charge < -0.3 is 4.74 Å². The third-order valence-corrected chi connectivity index (χ3v) is 11.1.